The number of nitrogens with zero attached hydrogens (tertiary/aromatic N) is 1. The topological polar surface area (TPSA) is 24.5 Å². The van der Waals surface area contributed by atoms with Gasteiger partial charge >= 0.3 is 0 Å². The average molecular weight is 146 g/mol. The smallest absolute Gasteiger partial charge is 0.120 e. The van der Waals surface area contributed by atoms with Gasteiger partial charge in [-0.05, 0) is 13.3 Å². The van der Waals surface area contributed by atoms with Crippen LogP contribution in [0.3, 0.4) is 0 Å². The third-order valence-corrected chi connectivity index (χ3v) is 1.14. The largest absolute Gasteiger partial charge is 0.362 e. The van der Waals surface area contributed by atoms with Crippen molar-refractivity contribution in [2.24, 2.45) is 0 Å². The summed E-state index contributed by atoms with van der Waals surface area (Å²) in [6.45, 7) is 4.86. The molecule has 10 heavy (non-hydrogen) atoms. The van der Waals surface area contributed by atoms with Gasteiger partial charge in [-0.3, -0.25) is 0 Å². The van der Waals surface area contributed by atoms with Crippen molar-refractivity contribution < 1.29 is 4.74 Å². The molecule has 0 aromatic carbocycles. The van der Waals surface area contributed by atoms with Crippen LogP contribution in [-0.2, 0) is 4.74 Å². The highest BCUT2D eigenvalue weighted by atomic mass is 16.5. The number of hydrogen-bond donors (Lipinski definition) is 1. The molecule has 0 heterocycles. The molecular weight excluding hydrogens is 128 g/mol. The first-order valence-corrected chi connectivity index (χ1v) is 3.75. The Morgan fingerprint density at radius 3 is 2.30 bits per heavy atom. The molecule has 3 nitrogen and oxygen atoms in total. The van der Waals surface area contributed by atoms with E-state index in [0.29, 0.717) is 0 Å². The summed E-state index contributed by atoms with van der Waals surface area (Å²) in [5.74, 6) is 0. The van der Waals surface area contributed by atoms with Crippen LogP contribution in [0.25, 0.3) is 0 Å². The maximum atomic E-state index is 5.35. The molecule has 0 saturated heterocycles. The summed E-state index contributed by atoms with van der Waals surface area (Å²) in [4.78, 5) is 0. The molecule has 0 rings (SSSR count). The molecule has 1 unspecified atom stereocenters. The quantitative estimate of drug-likeness (QED) is 0.459. The Hall–Kier alpha value is -0.120. The van der Waals surface area contributed by atoms with E-state index in [-0.39, 0.29) is 6.23 Å². The molecule has 0 aromatic heterocycles. The van der Waals surface area contributed by atoms with Crippen molar-refractivity contribution in [3.63, 3.8) is 0 Å². The summed E-state index contributed by atoms with van der Waals surface area (Å²) in [5, 5.41) is 1.91. The number of ether oxygens (including phenoxy) is 1. The Kier molecular flexibility index (Phi) is 5.58. The summed E-state index contributed by atoms with van der Waals surface area (Å²) in [7, 11) is 3.92. The molecule has 0 aliphatic rings. The fourth-order valence-electron chi connectivity index (χ4n) is 0.736. The molecule has 0 fully saturated rings. The minimum absolute atomic E-state index is 0.167. The van der Waals surface area contributed by atoms with Crippen LogP contribution in [0.15, 0.2) is 0 Å². The zero-order chi connectivity index (χ0) is 7.98. The lowest BCUT2D eigenvalue weighted by atomic mass is 10.4. The van der Waals surface area contributed by atoms with Crippen LogP contribution >= 0.6 is 0 Å². The number of nitrogens with one attached hydrogen (secondary N) is 1. The van der Waals surface area contributed by atoms with Gasteiger partial charge in [-0.2, -0.15) is 0 Å². The van der Waals surface area contributed by atoms with E-state index in [1.807, 2.05) is 26.0 Å². The van der Waals surface area contributed by atoms with Gasteiger partial charge in [0.25, 0.3) is 0 Å². The standard InChI is InChI=1S/C7H18N2O/c1-5-7(10-6-2)8-9(3)4/h7-8H,5-6H2,1-4H3. The molecule has 3 heteroatoms. The highest BCUT2D eigenvalue weighted by Gasteiger charge is 2.03. The van der Waals surface area contributed by atoms with Crippen LogP contribution in [0.4, 0.5) is 0 Å². The SMILES string of the molecule is CCOC(CC)NN(C)C. The van der Waals surface area contributed by atoms with Gasteiger partial charge in [-0.25, -0.2) is 10.4 Å². The molecule has 0 aliphatic carbocycles. The van der Waals surface area contributed by atoms with Crippen LogP contribution in [-0.4, -0.2) is 31.9 Å². The van der Waals surface area contributed by atoms with Gasteiger partial charge in [-0.1, -0.05) is 6.92 Å². The van der Waals surface area contributed by atoms with E-state index < -0.39 is 0 Å². The molecule has 0 spiro atoms. The Labute approximate surface area is 63.3 Å². The Bertz CT molecular complexity index is 76.0. The predicted molar refractivity (Wildman–Crippen MR) is 42.5 cm³/mol. The second-order valence-corrected chi connectivity index (χ2v) is 2.38. The van der Waals surface area contributed by atoms with Crippen LogP contribution in [0.5, 0.6) is 0 Å². The van der Waals surface area contributed by atoms with Crippen LogP contribution in [0.1, 0.15) is 20.3 Å². The van der Waals surface area contributed by atoms with Gasteiger partial charge < -0.3 is 4.74 Å². The van der Waals surface area contributed by atoms with Gasteiger partial charge in [0.2, 0.25) is 0 Å². The molecule has 0 aromatic rings. The van der Waals surface area contributed by atoms with Crippen LogP contribution < -0.4 is 5.43 Å². The van der Waals surface area contributed by atoms with Gasteiger partial charge in [0, 0.05) is 20.7 Å². The molecule has 62 valence electrons. The van der Waals surface area contributed by atoms with Crippen molar-refractivity contribution in [3.05, 3.63) is 0 Å². The predicted octanol–water partition coefficient (Wildman–Crippen LogP) is 0.825. The van der Waals surface area contributed by atoms with E-state index in [0.717, 1.165) is 13.0 Å². The number of rotatable bonds is 5. The van der Waals surface area contributed by atoms with Crippen molar-refractivity contribution in [3.8, 4) is 0 Å². The van der Waals surface area contributed by atoms with Gasteiger partial charge in [0.05, 0.1) is 0 Å². The lowest BCUT2D eigenvalue weighted by Gasteiger charge is -2.21. The molecule has 0 bridgehead atoms. The summed E-state index contributed by atoms with van der Waals surface area (Å²) in [6, 6.07) is 0. The summed E-state index contributed by atoms with van der Waals surface area (Å²) in [6.07, 6.45) is 1.16. The van der Waals surface area contributed by atoms with Crippen molar-refractivity contribution in [2.45, 2.75) is 26.5 Å². The number of hydrogen-bond acceptors (Lipinski definition) is 3. The number of hydrazine groups is 1. The van der Waals surface area contributed by atoms with E-state index in [9.17, 15) is 0 Å². The fraction of sp³-hybridized carbons (Fsp3) is 1.00. The third kappa shape index (κ3) is 4.73. The monoisotopic (exact) mass is 146 g/mol. The molecular formula is C7H18N2O. The lowest BCUT2D eigenvalue weighted by molar-refractivity contribution is -0.00742. The van der Waals surface area contributed by atoms with E-state index in [1.54, 1.807) is 0 Å². The first-order chi connectivity index (χ1) is 4.70. The van der Waals surface area contributed by atoms with E-state index >= 15 is 0 Å². The minimum Gasteiger partial charge on any atom is -0.362 e. The Morgan fingerprint density at radius 1 is 1.40 bits per heavy atom. The van der Waals surface area contributed by atoms with Gasteiger partial charge in [-0.15, -0.1) is 0 Å². The molecule has 0 saturated carbocycles. The molecule has 0 aliphatic heterocycles. The van der Waals surface area contributed by atoms with Crippen molar-refractivity contribution in [1.29, 1.82) is 0 Å². The Morgan fingerprint density at radius 2 is 2.00 bits per heavy atom. The zero-order valence-corrected chi connectivity index (χ0v) is 7.35. The first kappa shape index (κ1) is 9.88. The molecule has 1 N–H and O–H groups in total. The minimum atomic E-state index is 0.167. The van der Waals surface area contributed by atoms with E-state index in [4.69, 9.17) is 4.74 Å². The maximum absolute atomic E-state index is 5.35. The zero-order valence-electron chi connectivity index (χ0n) is 7.35. The normalized spacial score (nSPS) is 14.1. The van der Waals surface area contributed by atoms with Crippen LogP contribution in [0, 0.1) is 0 Å². The molecule has 1 atom stereocenters. The summed E-state index contributed by atoms with van der Waals surface area (Å²) < 4.78 is 5.35. The summed E-state index contributed by atoms with van der Waals surface area (Å²) in [5.41, 5.74) is 3.14. The average Bonchev–Trinajstić information content (AvgIpc) is 1.86. The highest BCUT2D eigenvalue weighted by molar-refractivity contribution is 4.46. The molecule has 0 radical (unpaired) electrons. The van der Waals surface area contributed by atoms with Crippen LogP contribution in [0.2, 0.25) is 0 Å². The van der Waals surface area contributed by atoms with E-state index in [2.05, 4.69) is 12.3 Å². The first-order valence-electron chi connectivity index (χ1n) is 3.75. The summed E-state index contributed by atoms with van der Waals surface area (Å²) >= 11 is 0. The third-order valence-electron chi connectivity index (χ3n) is 1.14. The van der Waals surface area contributed by atoms with Crippen molar-refractivity contribution in [2.75, 3.05) is 20.7 Å². The van der Waals surface area contributed by atoms with Gasteiger partial charge in [0.1, 0.15) is 6.23 Å². The maximum Gasteiger partial charge on any atom is 0.120 e. The molecule has 0 amide bonds. The fourth-order valence-corrected chi connectivity index (χ4v) is 0.736. The highest BCUT2D eigenvalue weighted by Crippen LogP contribution is 1.92. The Balaban J connectivity index is 3.39. The lowest BCUT2D eigenvalue weighted by Crippen LogP contribution is -2.41. The second-order valence-electron chi connectivity index (χ2n) is 2.38. The second kappa shape index (κ2) is 5.65. The van der Waals surface area contributed by atoms with Crippen molar-refractivity contribution in [1.82, 2.24) is 10.4 Å². The van der Waals surface area contributed by atoms with Gasteiger partial charge in [0.15, 0.2) is 0 Å². The van der Waals surface area contributed by atoms with Crippen molar-refractivity contribution >= 4 is 0 Å². The van der Waals surface area contributed by atoms with E-state index in [1.165, 1.54) is 0 Å².